The first-order valence-corrected chi connectivity index (χ1v) is 9.88. The summed E-state index contributed by atoms with van der Waals surface area (Å²) in [6.45, 7) is 0. The van der Waals surface area contributed by atoms with E-state index >= 15 is 0 Å². The van der Waals surface area contributed by atoms with Gasteiger partial charge in [0.15, 0.2) is 9.84 Å². The van der Waals surface area contributed by atoms with E-state index in [2.05, 4.69) is 0 Å². The third-order valence-electron chi connectivity index (χ3n) is 4.37. The van der Waals surface area contributed by atoms with Crippen molar-refractivity contribution in [1.82, 2.24) is 0 Å². The summed E-state index contributed by atoms with van der Waals surface area (Å²) in [5, 5.41) is 9.14. The van der Waals surface area contributed by atoms with Crippen molar-refractivity contribution in [2.24, 2.45) is 11.5 Å². The maximum atomic E-state index is 13.0. The average molecular weight is 379 g/mol. The minimum absolute atomic E-state index is 0.146. The molecule has 0 aliphatic heterocycles. The number of carboxylic acids is 1. The molecule has 0 radical (unpaired) electrons. The SMILES string of the molecule is CN(C)c1cccc2c(S(=O)(=O)C(N)CCC[C@H](N)C(=O)O)cccc12. The summed E-state index contributed by atoms with van der Waals surface area (Å²) in [5.74, 6) is -1.10. The number of anilines is 1. The molecule has 0 amide bonds. The third-order valence-corrected chi connectivity index (χ3v) is 6.37. The van der Waals surface area contributed by atoms with E-state index in [1.807, 2.05) is 37.2 Å². The quantitative estimate of drug-likeness (QED) is 0.635. The summed E-state index contributed by atoms with van der Waals surface area (Å²) < 4.78 is 25.9. The van der Waals surface area contributed by atoms with Gasteiger partial charge >= 0.3 is 5.97 Å². The molecule has 2 aromatic carbocycles. The molecule has 0 aliphatic carbocycles. The molecule has 0 aliphatic rings. The van der Waals surface area contributed by atoms with Crippen molar-refractivity contribution in [3.05, 3.63) is 36.4 Å². The van der Waals surface area contributed by atoms with Crippen LogP contribution in [-0.4, -0.2) is 45.0 Å². The highest BCUT2D eigenvalue weighted by molar-refractivity contribution is 7.92. The summed E-state index contributed by atoms with van der Waals surface area (Å²) >= 11 is 0. The van der Waals surface area contributed by atoms with Crippen LogP contribution in [0, 0.1) is 0 Å². The minimum atomic E-state index is -3.76. The van der Waals surface area contributed by atoms with Gasteiger partial charge in [-0.2, -0.15) is 0 Å². The summed E-state index contributed by atoms with van der Waals surface area (Å²) in [6.07, 6.45) is 0.646. The molecule has 0 saturated carbocycles. The predicted molar refractivity (Wildman–Crippen MR) is 103 cm³/mol. The van der Waals surface area contributed by atoms with E-state index in [1.165, 1.54) is 0 Å². The molecule has 0 aromatic heterocycles. The van der Waals surface area contributed by atoms with Gasteiger partial charge in [0.25, 0.3) is 0 Å². The van der Waals surface area contributed by atoms with E-state index in [4.69, 9.17) is 16.6 Å². The van der Waals surface area contributed by atoms with Gasteiger partial charge < -0.3 is 21.5 Å². The predicted octanol–water partition coefficient (Wildman–Crippen LogP) is 1.55. The first-order valence-electron chi connectivity index (χ1n) is 8.33. The maximum Gasteiger partial charge on any atom is 0.320 e. The second-order valence-corrected chi connectivity index (χ2v) is 8.62. The Balaban J connectivity index is 2.31. The van der Waals surface area contributed by atoms with Gasteiger partial charge in [-0.25, -0.2) is 8.42 Å². The molecule has 0 fully saturated rings. The van der Waals surface area contributed by atoms with Crippen molar-refractivity contribution in [3.8, 4) is 0 Å². The average Bonchev–Trinajstić information content (AvgIpc) is 2.59. The molecular formula is C18H25N3O4S. The molecular weight excluding hydrogens is 354 g/mol. The first-order chi connectivity index (χ1) is 12.2. The van der Waals surface area contributed by atoms with Crippen LogP contribution in [0.5, 0.6) is 0 Å². The number of nitrogens with two attached hydrogens (primary N) is 2. The van der Waals surface area contributed by atoms with Crippen molar-refractivity contribution >= 4 is 32.3 Å². The van der Waals surface area contributed by atoms with Gasteiger partial charge in [0, 0.05) is 30.6 Å². The van der Waals surface area contributed by atoms with Gasteiger partial charge in [-0.15, -0.1) is 0 Å². The molecule has 7 nitrogen and oxygen atoms in total. The van der Waals surface area contributed by atoms with Gasteiger partial charge in [-0.1, -0.05) is 24.3 Å². The molecule has 2 aromatic rings. The summed E-state index contributed by atoms with van der Waals surface area (Å²) in [5.41, 5.74) is 12.3. The van der Waals surface area contributed by atoms with E-state index < -0.39 is 27.2 Å². The largest absolute Gasteiger partial charge is 0.480 e. The van der Waals surface area contributed by atoms with Gasteiger partial charge in [0.05, 0.1) is 4.90 Å². The molecule has 5 N–H and O–H groups in total. The molecule has 0 spiro atoms. The van der Waals surface area contributed by atoms with E-state index in [0.717, 1.165) is 11.1 Å². The maximum absolute atomic E-state index is 13.0. The molecule has 142 valence electrons. The van der Waals surface area contributed by atoms with Crippen LogP contribution in [0.15, 0.2) is 41.3 Å². The first kappa shape index (κ1) is 20.2. The monoisotopic (exact) mass is 379 g/mol. The van der Waals surface area contributed by atoms with E-state index in [9.17, 15) is 13.2 Å². The van der Waals surface area contributed by atoms with Crippen LogP contribution in [-0.2, 0) is 14.6 Å². The lowest BCUT2D eigenvalue weighted by Crippen LogP contribution is -2.33. The Bertz CT molecular complexity index is 896. The van der Waals surface area contributed by atoms with E-state index in [-0.39, 0.29) is 17.7 Å². The van der Waals surface area contributed by atoms with E-state index in [1.54, 1.807) is 18.2 Å². The molecule has 0 heterocycles. The Morgan fingerprint density at radius 1 is 1.08 bits per heavy atom. The lowest BCUT2D eigenvalue weighted by molar-refractivity contribution is -0.138. The van der Waals surface area contributed by atoms with E-state index in [0.29, 0.717) is 11.8 Å². The number of carbonyl (C=O) groups is 1. The van der Waals surface area contributed by atoms with Crippen LogP contribution in [0.4, 0.5) is 5.69 Å². The van der Waals surface area contributed by atoms with Crippen LogP contribution in [0.1, 0.15) is 19.3 Å². The Hall–Kier alpha value is -2.16. The zero-order valence-corrected chi connectivity index (χ0v) is 15.7. The number of benzene rings is 2. The lowest BCUT2D eigenvalue weighted by Gasteiger charge is -2.19. The molecule has 26 heavy (non-hydrogen) atoms. The summed E-state index contributed by atoms with van der Waals surface area (Å²) in [6, 6.07) is 9.63. The Morgan fingerprint density at radius 3 is 2.31 bits per heavy atom. The number of sulfone groups is 1. The Morgan fingerprint density at radius 2 is 1.69 bits per heavy atom. The number of carboxylic acid groups (broad SMARTS) is 1. The normalized spacial score (nSPS) is 14.2. The van der Waals surface area contributed by atoms with Crippen LogP contribution in [0.3, 0.4) is 0 Å². The smallest absolute Gasteiger partial charge is 0.320 e. The molecule has 2 rings (SSSR count). The standard InChI is InChI=1S/C18H25N3O4S/c1-21(2)15-9-3-7-13-12(15)6-4-10-16(13)26(24,25)17(20)11-5-8-14(19)18(22)23/h3-4,6-7,9-10,14,17H,5,8,11,19-20H2,1-2H3,(H,22,23)/t14-,17?/m0/s1. The number of hydrogen-bond acceptors (Lipinski definition) is 6. The van der Waals surface area contributed by atoms with Crippen molar-refractivity contribution in [2.45, 2.75) is 35.6 Å². The Kier molecular flexibility index (Phi) is 6.22. The summed E-state index contributed by atoms with van der Waals surface area (Å²) in [7, 11) is 0.0372. The fourth-order valence-corrected chi connectivity index (χ4v) is 4.44. The van der Waals surface area contributed by atoms with Crippen molar-refractivity contribution in [1.29, 1.82) is 0 Å². The van der Waals surface area contributed by atoms with Gasteiger partial charge in [-0.3, -0.25) is 4.79 Å². The highest BCUT2D eigenvalue weighted by atomic mass is 32.2. The fourth-order valence-electron chi connectivity index (χ4n) is 2.88. The number of hydrogen-bond donors (Lipinski definition) is 3. The fraction of sp³-hybridized carbons (Fsp3) is 0.389. The zero-order chi connectivity index (χ0) is 19.5. The van der Waals surface area contributed by atoms with Crippen LogP contribution in [0.25, 0.3) is 10.8 Å². The number of aliphatic carboxylic acids is 1. The molecule has 8 heteroatoms. The number of rotatable bonds is 8. The van der Waals surface area contributed by atoms with Crippen molar-refractivity contribution in [3.63, 3.8) is 0 Å². The molecule has 0 bridgehead atoms. The molecule has 1 unspecified atom stereocenters. The summed E-state index contributed by atoms with van der Waals surface area (Å²) in [4.78, 5) is 12.9. The van der Waals surface area contributed by atoms with Crippen LogP contribution in [0.2, 0.25) is 0 Å². The lowest BCUT2D eigenvalue weighted by atomic mass is 10.1. The molecule has 0 saturated heterocycles. The Labute approximate surface area is 153 Å². The minimum Gasteiger partial charge on any atom is -0.480 e. The number of fused-ring (bicyclic) bond motifs is 1. The van der Waals surface area contributed by atoms with Crippen LogP contribution >= 0.6 is 0 Å². The second kappa shape index (κ2) is 8.03. The number of nitrogens with zero attached hydrogens (tertiary/aromatic N) is 1. The highest BCUT2D eigenvalue weighted by Gasteiger charge is 2.26. The highest BCUT2D eigenvalue weighted by Crippen LogP contribution is 2.31. The van der Waals surface area contributed by atoms with Crippen molar-refractivity contribution in [2.75, 3.05) is 19.0 Å². The van der Waals surface area contributed by atoms with Gasteiger partial charge in [0.1, 0.15) is 11.4 Å². The van der Waals surface area contributed by atoms with Crippen LogP contribution < -0.4 is 16.4 Å². The zero-order valence-electron chi connectivity index (χ0n) is 14.9. The topological polar surface area (TPSA) is 127 Å². The third kappa shape index (κ3) is 4.14. The van der Waals surface area contributed by atoms with Gasteiger partial charge in [-0.05, 0) is 31.4 Å². The van der Waals surface area contributed by atoms with Gasteiger partial charge in [0.2, 0.25) is 0 Å². The van der Waals surface area contributed by atoms with Crippen molar-refractivity contribution < 1.29 is 18.3 Å². The molecule has 2 atom stereocenters. The second-order valence-electron chi connectivity index (χ2n) is 6.48.